The molecule has 21 heavy (non-hydrogen) atoms. The molecule has 0 heterocycles. The summed E-state index contributed by atoms with van der Waals surface area (Å²) in [5.74, 6) is 0.000640. The van der Waals surface area contributed by atoms with Crippen molar-refractivity contribution in [2.24, 2.45) is 0 Å². The van der Waals surface area contributed by atoms with Crippen molar-refractivity contribution >= 4 is 11.6 Å². The lowest BCUT2D eigenvalue weighted by atomic mass is 10.1. The average molecular weight is 293 g/mol. The molecular weight excluding hydrogens is 270 g/mol. The van der Waals surface area contributed by atoms with Gasteiger partial charge in [0.2, 0.25) is 5.91 Å². The molecule has 0 saturated heterocycles. The number of nitrogens with one attached hydrogen (secondary N) is 2. The third-order valence-electron chi connectivity index (χ3n) is 2.80. The second kappa shape index (κ2) is 7.73. The number of nitro benzene ring substituents is 1. The minimum Gasteiger partial charge on any atom is -0.351 e. The van der Waals surface area contributed by atoms with Crippen LogP contribution in [0.4, 0.5) is 5.69 Å². The molecule has 116 valence electrons. The third kappa shape index (κ3) is 6.85. The first-order valence-corrected chi connectivity index (χ1v) is 7.03. The van der Waals surface area contributed by atoms with Crippen LogP contribution in [0.1, 0.15) is 32.8 Å². The fourth-order valence-electron chi connectivity index (χ4n) is 1.93. The van der Waals surface area contributed by atoms with E-state index in [1.165, 1.54) is 6.07 Å². The quantitative estimate of drug-likeness (QED) is 0.458. The molecule has 6 heteroatoms. The maximum atomic E-state index is 11.6. The van der Waals surface area contributed by atoms with E-state index in [2.05, 4.69) is 10.6 Å². The molecule has 0 saturated carbocycles. The number of rotatable bonds is 7. The Morgan fingerprint density at radius 3 is 2.52 bits per heavy atom. The highest BCUT2D eigenvalue weighted by molar-refractivity contribution is 5.76. The van der Waals surface area contributed by atoms with Crippen molar-refractivity contribution in [1.29, 1.82) is 0 Å². The second-order valence-electron chi connectivity index (χ2n) is 5.93. The number of hydrogen-bond acceptors (Lipinski definition) is 4. The molecular formula is C15H23N3O3. The molecule has 0 radical (unpaired) electrons. The summed E-state index contributed by atoms with van der Waals surface area (Å²) in [4.78, 5) is 22.1. The van der Waals surface area contributed by atoms with Crippen LogP contribution in [-0.2, 0) is 11.2 Å². The van der Waals surface area contributed by atoms with Crippen molar-refractivity contribution in [2.75, 3.05) is 13.1 Å². The molecule has 0 unspecified atom stereocenters. The molecule has 1 aromatic carbocycles. The Morgan fingerprint density at radius 2 is 1.90 bits per heavy atom. The lowest BCUT2D eigenvalue weighted by Crippen LogP contribution is -2.41. The van der Waals surface area contributed by atoms with Gasteiger partial charge in [-0.25, -0.2) is 0 Å². The molecule has 0 aliphatic heterocycles. The molecule has 6 nitrogen and oxygen atoms in total. The Kier molecular flexibility index (Phi) is 6.30. The predicted molar refractivity (Wildman–Crippen MR) is 82.2 cm³/mol. The molecule has 0 aliphatic carbocycles. The Bertz CT molecular complexity index is 495. The third-order valence-corrected chi connectivity index (χ3v) is 2.80. The number of hydrogen-bond donors (Lipinski definition) is 2. The van der Waals surface area contributed by atoms with Gasteiger partial charge in [-0.15, -0.1) is 0 Å². The summed E-state index contributed by atoms with van der Waals surface area (Å²) in [6.07, 6.45) is 0.964. The minimum absolute atomic E-state index is 0.000640. The van der Waals surface area contributed by atoms with E-state index in [0.717, 1.165) is 0 Å². The van der Waals surface area contributed by atoms with Crippen LogP contribution in [0.3, 0.4) is 0 Å². The Morgan fingerprint density at radius 1 is 1.24 bits per heavy atom. The van der Waals surface area contributed by atoms with E-state index in [9.17, 15) is 14.9 Å². The predicted octanol–water partition coefficient (Wildman–Crippen LogP) is 2.03. The maximum absolute atomic E-state index is 11.6. The minimum atomic E-state index is -0.369. The lowest BCUT2D eigenvalue weighted by molar-refractivity contribution is -0.385. The van der Waals surface area contributed by atoms with Crippen molar-refractivity contribution in [2.45, 2.75) is 39.2 Å². The van der Waals surface area contributed by atoms with Crippen LogP contribution in [0.25, 0.3) is 0 Å². The van der Waals surface area contributed by atoms with Gasteiger partial charge in [0.05, 0.1) is 4.92 Å². The number of nitro groups is 1. The van der Waals surface area contributed by atoms with E-state index < -0.39 is 0 Å². The van der Waals surface area contributed by atoms with Crippen molar-refractivity contribution in [3.05, 3.63) is 39.9 Å². The van der Waals surface area contributed by atoms with Gasteiger partial charge < -0.3 is 10.6 Å². The average Bonchev–Trinajstić information content (AvgIpc) is 2.36. The first-order valence-electron chi connectivity index (χ1n) is 7.03. The van der Waals surface area contributed by atoms with Crippen LogP contribution in [-0.4, -0.2) is 29.5 Å². The number of amides is 1. The molecule has 0 atom stereocenters. The number of para-hydroxylation sites is 1. The zero-order valence-electron chi connectivity index (χ0n) is 12.8. The Balaban J connectivity index is 2.29. The van der Waals surface area contributed by atoms with Crippen LogP contribution in [0.5, 0.6) is 0 Å². The van der Waals surface area contributed by atoms with Crippen LogP contribution in [0.15, 0.2) is 24.3 Å². The van der Waals surface area contributed by atoms with E-state index in [0.29, 0.717) is 31.5 Å². The molecule has 0 fully saturated rings. The molecule has 1 amide bonds. The first-order chi connectivity index (χ1) is 9.79. The maximum Gasteiger partial charge on any atom is 0.272 e. The summed E-state index contributed by atoms with van der Waals surface area (Å²) in [5, 5.41) is 16.9. The highest BCUT2D eigenvalue weighted by atomic mass is 16.6. The van der Waals surface area contributed by atoms with Crippen molar-refractivity contribution in [3.63, 3.8) is 0 Å². The standard InChI is InChI=1S/C15H23N3O3/c1-15(2,3)17-14(19)9-11-16-10-8-12-6-4-5-7-13(12)18(20)21/h4-7,16H,8-11H2,1-3H3,(H,17,19). The smallest absolute Gasteiger partial charge is 0.272 e. The van der Waals surface area contributed by atoms with Gasteiger partial charge in [-0.1, -0.05) is 18.2 Å². The SMILES string of the molecule is CC(C)(C)NC(=O)CCNCCc1ccccc1[N+](=O)[O-]. The molecule has 0 aromatic heterocycles. The van der Waals surface area contributed by atoms with E-state index in [-0.39, 0.29) is 22.1 Å². The van der Waals surface area contributed by atoms with Gasteiger partial charge in [-0.3, -0.25) is 14.9 Å². The molecule has 2 N–H and O–H groups in total. The van der Waals surface area contributed by atoms with Crippen molar-refractivity contribution < 1.29 is 9.72 Å². The van der Waals surface area contributed by atoms with E-state index in [1.807, 2.05) is 20.8 Å². The highest BCUT2D eigenvalue weighted by Gasteiger charge is 2.13. The summed E-state index contributed by atoms with van der Waals surface area (Å²) in [7, 11) is 0. The van der Waals surface area contributed by atoms with Crippen molar-refractivity contribution in [1.82, 2.24) is 10.6 Å². The van der Waals surface area contributed by atoms with Crippen LogP contribution in [0, 0.1) is 10.1 Å². The number of carbonyl (C=O) groups is 1. The fraction of sp³-hybridized carbons (Fsp3) is 0.533. The first kappa shape index (κ1) is 17.1. The topological polar surface area (TPSA) is 84.3 Å². The largest absolute Gasteiger partial charge is 0.351 e. The molecule has 1 aromatic rings. The van der Waals surface area contributed by atoms with Crippen LogP contribution >= 0.6 is 0 Å². The molecule has 0 bridgehead atoms. The Hall–Kier alpha value is -1.95. The van der Waals surface area contributed by atoms with Gasteiger partial charge in [-0.2, -0.15) is 0 Å². The molecule has 0 aliphatic rings. The summed E-state index contributed by atoms with van der Waals surface area (Å²) < 4.78 is 0. The van der Waals surface area contributed by atoms with Crippen LogP contribution in [0.2, 0.25) is 0 Å². The highest BCUT2D eigenvalue weighted by Crippen LogP contribution is 2.17. The summed E-state index contributed by atoms with van der Waals surface area (Å²) in [6.45, 7) is 6.97. The molecule has 0 spiro atoms. The monoisotopic (exact) mass is 293 g/mol. The van der Waals surface area contributed by atoms with Gasteiger partial charge in [0.1, 0.15) is 0 Å². The Labute approximate surface area is 125 Å². The number of benzene rings is 1. The van der Waals surface area contributed by atoms with Gasteiger partial charge in [0.15, 0.2) is 0 Å². The molecule has 1 rings (SSSR count). The van der Waals surface area contributed by atoms with E-state index in [4.69, 9.17) is 0 Å². The van der Waals surface area contributed by atoms with Crippen LogP contribution < -0.4 is 10.6 Å². The summed E-state index contributed by atoms with van der Waals surface area (Å²) in [6, 6.07) is 6.71. The zero-order valence-corrected chi connectivity index (χ0v) is 12.8. The van der Waals surface area contributed by atoms with Gasteiger partial charge in [0, 0.05) is 30.1 Å². The zero-order chi connectivity index (χ0) is 15.9. The van der Waals surface area contributed by atoms with Gasteiger partial charge in [-0.05, 0) is 33.7 Å². The lowest BCUT2D eigenvalue weighted by Gasteiger charge is -2.20. The van der Waals surface area contributed by atoms with Gasteiger partial charge >= 0.3 is 0 Å². The van der Waals surface area contributed by atoms with E-state index >= 15 is 0 Å². The summed E-state index contributed by atoms with van der Waals surface area (Å²) >= 11 is 0. The van der Waals surface area contributed by atoms with Crippen molar-refractivity contribution in [3.8, 4) is 0 Å². The second-order valence-corrected chi connectivity index (χ2v) is 5.93. The fourth-order valence-corrected chi connectivity index (χ4v) is 1.93. The summed E-state index contributed by atoms with van der Waals surface area (Å²) in [5.41, 5.74) is 0.626. The number of carbonyl (C=O) groups excluding carboxylic acids is 1. The van der Waals surface area contributed by atoms with E-state index in [1.54, 1.807) is 18.2 Å². The normalized spacial score (nSPS) is 11.2. The number of nitrogens with zero attached hydrogens (tertiary/aromatic N) is 1. The van der Waals surface area contributed by atoms with Gasteiger partial charge in [0.25, 0.3) is 5.69 Å².